The average Bonchev–Trinajstić information content (AvgIpc) is 2.85. The van der Waals surface area contributed by atoms with E-state index < -0.39 is 0 Å². The van der Waals surface area contributed by atoms with Gasteiger partial charge in [-0.2, -0.15) is 0 Å². The molecule has 0 nitrogen and oxygen atoms in total. The molecule has 0 N–H and O–H groups in total. The summed E-state index contributed by atoms with van der Waals surface area (Å²) in [6.07, 6.45) is 11.4. The Morgan fingerprint density at radius 1 is 0.667 bits per heavy atom. The van der Waals surface area contributed by atoms with Gasteiger partial charge in [-0.1, -0.05) is 116 Å². The SMILES string of the molecule is C[C@H]1C=CC=C(C2(c3ccccc3)c3ccccc3-c3ccccc32)C=C1. The number of rotatable bonds is 2. The second-order valence-electron chi connectivity index (χ2n) is 7.43. The second-order valence-corrected chi connectivity index (χ2v) is 7.43. The average molecular weight is 346 g/mol. The van der Waals surface area contributed by atoms with E-state index in [-0.39, 0.29) is 5.41 Å². The molecule has 0 radical (unpaired) electrons. The van der Waals surface area contributed by atoms with Crippen LogP contribution < -0.4 is 0 Å². The van der Waals surface area contributed by atoms with Gasteiger partial charge in [-0.05, 0) is 39.3 Å². The number of hydrogen-bond donors (Lipinski definition) is 0. The van der Waals surface area contributed by atoms with E-state index in [1.165, 1.54) is 33.4 Å². The first-order valence-electron chi connectivity index (χ1n) is 9.64. The van der Waals surface area contributed by atoms with Gasteiger partial charge in [-0.3, -0.25) is 0 Å². The maximum absolute atomic E-state index is 2.33. The Labute approximate surface area is 161 Å². The van der Waals surface area contributed by atoms with Crippen molar-refractivity contribution in [2.75, 3.05) is 0 Å². The van der Waals surface area contributed by atoms with Crippen molar-refractivity contribution in [2.24, 2.45) is 5.92 Å². The fraction of sp³-hybridized carbons (Fsp3) is 0.111. The van der Waals surface area contributed by atoms with Crippen molar-refractivity contribution in [1.82, 2.24) is 0 Å². The van der Waals surface area contributed by atoms with Crippen molar-refractivity contribution in [1.29, 1.82) is 0 Å². The molecule has 27 heavy (non-hydrogen) atoms. The maximum atomic E-state index is 2.33. The minimum Gasteiger partial charge on any atom is -0.0779 e. The van der Waals surface area contributed by atoms with Gasteiger partial charge in [-0.25, -0.2) is 0 Å². The summed E-state index contributed by atoms with van der Waals surface area (Å²) in [6, 6.07) is 28.7. The van der Waals surface area contributed by atoms with Crippen LogP contribution in [-0.2, 0) is 5.41 Å². The number of benzene rings is 3. The molecule has 0 aromatic heterocycles. The molecule has 0 aliphatic heterocycles. The third-order valence-corrected chi connectivity index (χ3v) is 5.86. The van der Waals surface area contributed by atoms with Gasteiger partial charge in [-0.15, -0.1) is 0 Å². The summed E-state index contributed by atoms with van der Waals surface area (Å²) in [4.78, 5) is 0. The van der Waals surface area contributed by atoms with Crippen LogP contribution >= 0.6 is 0 Å². The van der Waals surface area contributed by atoms with Crippen LogP contribution in [0.1, 0.15) is 23.6 Å². The minimum atomic E-state index is -0.278. The van der Waals surface area contributed by atoms with Gasteiger partial charge < -0.3 is 0 Å². The number of fused-ring (bicyclic) bond motifs is 3. The van der Waals surface area contributed by atoms with E-state index in [2.05, 4.69) is 116 Å². The van der Waals surface area contributed by atoms with Crippen LogP contribution in [-0.4, -0.2) is 0 Å². The lowest BCUT2D eigenvalue weighted by molar-refractivity contribution is 0.766. The Kier molecular flexibility index (Phi) is 3.72. The first kappa shape index (κ1) is 16.1. The molecule has 0 fully saturated rings. The van der Waals surface area contributed by atoms with Crippen LogP contribution in [0.4, 0.5) is 0 Å². The van der Waals surface area contributed by atoms with Crippen LogP contribution in [0.15, 0.2) is 115 Å². The zero-order valence-corrected chi connectivity index (χ0v) is 15.5. The molecule has 2 aliphatic carbocycles. The van der Waals surface area contributed by atoms with E-state index in [4.69, 9.17) is 0 Å². The van der Waals surface area contributed by atoms with E-state index in [0.717, 1.165) is 0 Å². The summed E-state index contributed by atoms with van der Waals surface area (Å²) in [5.41, 5.74) is 7.79. The molecule has 1 atom stereocenters. The third-order valence-electron chi connectivity index (χ3n) is 5.86. The fourth-order valence-electron chi connectivity index (χ4n) is 4.67. The van der Waals surface area contributed by atoms with Gasteiger partial charge in [0.1, 0.15) is 0 Å². The van der Waals surface area contributed by atoms with Gasteiger partial charge in [0.2, 0.25) is 0 Å². The van der Waals surface area contributed by atoms with Gasteiger partial charge in [0.15, 0.2) is 0 Å². The molecule has 0 bridgehead atoms. The van der Waals surface area contributed by atoms with Crippen molar-refractivity contribution >= 4 is 0 Å². The predicted octanol–water partition coefficient (Wildman–Crippen LogP) is 6.69. The lowest BCUT2D eigenvalue weighted by Crippen LogP contribution is -2.29. The molecule has 3 aromatic rings. The molecular formula is C27H22. The highest BCUT2D eigenvalue weighted by Crippen LogP contribution is 2.56. The summed E-state index contributed by atoms with van der Waals surface area (Å²) in [5.74, 6) is 0.443. The molecule has 0 unspecified atom stereocenters. The summed E-state index contributed by atoms with van der Waals surface area (Å²) in [6.45, 7) is 2.23. The highest BCUT2D eigenvalue weighted by molar-refractivity contribution is 5.86. The zero-order valence-electron chi connectivity index (χ0n) is 15.5. The van der Waals surface area contributed by atoms with Crippen molar-refractivity contribution in [3.63, 3.8) is 0 Å². The van der Waals surface area contributed by atoms with Crippen molar-refractivity contribution in [2.45, 2.75) is 12.3 Å². The van der Waals surface area contributed by atoms with Gasteiger partial charge >= 0.3 is 0 Å². The summed E-state index contributed by atoms with van der Waals surface area (Å²) < 4.78 is 0. The number of allylic oxidation sites excluding steroid dienone is 6. The topological polar surface area (TPSA) is 0 Å². The standard InChI is InChI=1S/C27H22/c1-20-10-9-13-22(19-18-20)27(21-11-3-2-4-12-21)25-16-7-5-14-23(25)24-15-6-8-17-26(24)27/h2-20H,1H3/t20-/m0/s1. The minimum absolute atomic E-state index is 0.278. The Morgan fingerprint density at radius 2 is 1.26 bits per heavy atom. The van der Waals surface area contributed by atoms with E-state index in [0.29, 0.717) is 5.92 Å². The first-order chi connectivity index (χ1) is 13.3. The molecule has 5 rings (SSSR count). The van der Waals surface area contributed by atoms with Crippen molar-refractivity contribution in [3.8, 4) is 11.1 Å². The quantitative estimate of drug-likeness (QED) is 0.485. The monoisotopic (exact) mass is 346 g/mol. The van der Waals surface area contributed by atoms with Gasteiger partial charge in [0, 0.05) is 0 Å². The molecule has 0 saturated carbocycles. The Bertz CT molecular complexity index is 1030. The molecule has 0 heteroatoms. The van der Waals surface area contributed by atoms with Crippen molar-refractivity contribution in [3.05, 3.63) is 132 Å². The lowest BCUT2D eigenvalue weighted by Gasteiger charge is -2.34. The molecule has 2 aliphatic rings. The summed E-state index contributed by atoms with van der Waals surface area (Å²) in [7, 11) is 0. The fourth-order valence-corrected chi connectivity index (χ4v) is 4.67. The zero-order chi connectivity index (χ0) is 18.3. The van der Waals surface area contributed by atoms with Crippen LogP contribution in [0.3, 0.4) is 0 Å². The Morgan fingerprint density at radius 3 is 1.93 bits per heavy atom. The normalized spacial score (nSPS) is 19.1. The molecule has 0 spiro atoms. The third kappa shape index (κ3) is 2.30. The van der Waals surface area contributed by atoms with Crippen molar-refractivity contribution < 1.29 is 0 Å². The van der Waals surface area contributed by atoms with Crippen LogP contribution in [0, 0.1) is 5.92 Å². The Hall–Kier alpha value is -3.12. The molecule has 0 heterocycles. The molecular weight excluding hydrogens is 324 g/mol. The van der Waals surface area contributed by atoms with E-state index in [1.807, 2.05) is 0 Å². The lowest BCUT2D eigenvalue weighted by atomic mass is 9.67. The van der Waals surface area contributed by atoms with Crippen LogP contribution in [0.25, 0.3) is 11.1 Å². The molecule has 0 amide bonds. The molecule has 3 aromatic carbocycles. The highest BCUT2D eigenvalue weighted by atomic mass is 14.5. The molecule has 0 saturated heterocycles. The molecule has 130 valence electrons. The largest absolute Gasteiger partial charge is 0.0779 e. The second kappa shape index (κ2) is 6.25. The number of hydrogen-bond acceptors (Lipinski definition) is 0. The van der Waals surface area contributed by atoms with Crippen LogP contribution in [0.2, 0.25) is 0 Å². The van der Waals surface area contributed by atoms with Gasteiger partial charge in [0.25, 0.3) is 0 Å². The first-order valence-corrected chi connectivity index (χ1v) is 9.64. The summed E-state index contributed by atoms with van der Waals surface area (Å²) >= 11 is 0. The van der Waals surface area contributed by atoms with E-state index >= 15 is 0 Å². The van der Waals surface area contributed by atoms with Crippen LogP contribution in [0.5, 0.6) is 0 Å². The maximum Gasteiger partial charge on any atom is 0.0713 e. The predicted molar refractivity (Wildman–Crippen MR) is 114 cm³/mol. The highest BCUT2D eigenvalue weighted by Gasteiger charge is 2.46. The smallest absolute Gasteiger partial charge is 0.0713 e. The summed E-state index contributed by atoms with van der Waals surface area (Å²) in [5, 5.41) is 0. The van der Waals surface area contributed by atoms with E-state index in [9.17, 15) is 0 Å². The van der Waals surface area contributed by atoms with Gasteiger partial charge in [0.05, 0.1) is 5.41 Å². The van der Waals surface area contributed by atoms with E-state index in [1.54, 1.807) is 0 Å². The Balaban J connectivity index is 1.92.